The summed E-state index contributed by atoms with van der Waals surface area (Å²) in [6.45, 7) is 4.32. The predicted molar refractivity (Wildman–Crippen MR) is 77.1 cm³/mol. The highest BCUT2D eigenvalue weighted by atomic mass is 33.1. The van der Waals surface area contributed by atoms with E-state index in [0.29, 0.717) is 19.4 Å². The third-order valence-electron chi connectivity index (χ3n) is 2.53. The summed E-state index contributed by atoms with van der Waals surface area (Å²) in [6, 6.07) is 0. The van der Waals surface area contributed by atoms with Crippen molar-refractivity contribution in [1.82, 2.24) is 16.2 Å². The quantitative estimate of drug-likeness (QED) is 0.317. The number of hydrazine groups is 1. The van der Waals surface area contributed by atoms with Crippen LogP contribution in [0.2, 0.25) is 0 Å². The number of ketones is 1. The number of carbonyl (C=O) groups is 2. The lowest BCUT2D eigenvalue weighted by molar-refractivity contribution is -0.121. The second-order valence-electron chi connectivity index (χ2n) is 4.53. The van der Waals surface area contributed by atoms with E-state index < -0.39 is 0 Å². The van der Waals surface area contributed by atoms with Crippen molar-refractivity contribution in [2.75, 3.05) is 18.1 Å². The molecule has 0 unspecified atom stereocenters. The fourth-order valence-electron chi connectivity index (χ4n) is 1.22. The van der Waals surface area contributed by atoms with Gasteiger partial charge in [-0.2, -0.15) is 0 Å². The molecule has 1 aliphatic heterocycles. The highest BCUT2D eigenvalue weighted by molar-refractivity contribution is 8.76. The molecule has 0 saturated carbocycles. The normalized spacial score (nSPS) is 16.3. The molecule has 0 aromatic carbocycles. The van der Waals surface area contributed by atoms with Crippen LogP contribution in [0.3, 0.4) is 0 Å². The molecule has 0 aromatic rings. The van der Waals surface area contributed by atoms with Gasteiger partial charge in [0.25, 0.3) is 0 Å². The van der Waals surface area contributed by atoms with Gasteiger partial charge in [0.2, 0.25) is 5.91 Å². The molecular formula is C11H21N3O2S2. The van der Waals surface area contributed by atoms with Crippen LogP contribution in [0.15, 0.2) is 0 Å². The Morgan fingerprint density at radius 1 is 1.17 bits per heavy atom. The second-order valence-corrected chi connectivity index (χ2v) is 7.23. The van der Waals surface area contributed by atoms with E-state index in [2.05, 4.69) is 16.2 Å². The van der Waals surface area contributed by atoms with Crippen molar-refractivity contribution in [1.29, 1.82) is 0 Å². The van der Waals surface area contributed by atoms with E-state index in [9.17, 15) is 9.59 Å². The average molecular weight is 291 g/mol. The summed E-state index contributed by atoms with van der Waals surface area (Å²) in [6.07, 6.45) is 1.97. The summed E-state index contributed by atoms with van der Waals surface area (Å²) in [5, 5.41) is 2.89. The van der Waals surface area contributed by atoms with Crippen molar-refractivity contribution < 1.29 is 9.59 Å². The van der Waals surface area contributed by atoms with Crippen LogP contribution in [0, 0.1) is 0 Å². The van der Waals surface area contributed by atoms with Crippen molar-refractivity contribution in [3.8, 4) is 0 Å². The molecule has 1 fully saturated rings. The Bertz CT molecular complexity index is 296. The number of Topliss-reactive ketones (excluding diaryl/α,β-unsaturated/α-hetero) is 1. The monoisotopic (exact) mass is 291 g/mol. The fourth-order valence-corrected chi connectivity index (χ4v) is 3.22. The van der Waals surface area contributed by atoms with Gasteiger partial charge in [0.05, 0.1) is 5.66 Å². The number of amides is 1. The van der Waals surface area contributed by atoms with Crippen molar-refractivity contribution in [2.24, 2.45) is 0 Å². The third-order valence-corrected chi connectivity index (χ3v) is 4.94. The number of hydrogen-bond donors (Lipinski definition) is 3. The molecular weight excluding hydrogens is 270 g/mol. The van der Waals surface area contributed by atoms with Crippen LogP contribution in [0.25, 0.3) is 0 Å². The van der Waals surface area contributed by atoms with E-state index in [1.807, 2.05) is 6.92 Å². The molecule has 1 heterocycles. The Balaban J connectivity index is 1.85. The van der Waals surface area contributed by atoms with E-state index in [1.54, 1.807) is 28.5 Å². The van der Waals surface area contributed by atoms with Gasteiger partial charge < -0.3 is 5.32 Å². The first-order chi connectivity index (χ1) is 8.52. The zero-order valence-electron chi connectivity index (χ0n) is 10.9. The molecule has 0 aliphatic carbocycles. The minimum atomic E-state index is -0.0331. The lowest BCUT2D eigenvalue weighted by atomic mass is 10.1. The van der Waals surface area contributed by atoms with E-state index in [4.69, 9.17) is 0 Å². The number of carbonyl (C=O) groups excluding carboxylic acids is 2. The highest BCUT2D eigenvalue weighted by Crippen LogP contribution is 2.21. The number of rotatable bonds is 10. The van der Waals surface area contributed by atoms with E-state index >= 15 is 0 Å². The first kappa shape index (κ1) is 15.8. The standard InChI is InChI=1S/C11H21N3O2S2/c1-9(15)4-7-17-18-8-6-12-10(16)3-5-11(2)13-14-11/h13-14H,3-8H2,1-2H3,(H,12,16). The summed E-state index contributed by atoms with van der Waals surface area (Å²) in [5.41, 5.74) is 5.97. The first-order valence-corrected chi connectivity index (χ1v) is 8.55. The maximum atomic E-state index is 11.5. The van der Waals surface area contributed by atoms with Crippen LogP contribution in [0.1, 0.15) is 33.1 Å². The molecule has 3 N–H and O–H groups in total. The van der Waals surface area contributed by atoms with Crippen molar-refractivity contribution in [2.45, 2.75) is 38.8 Å². The van der Waals surface area contributed by atoms with Gasteiger partial charge in [-0.15, -0.1) is 0 Å². The van der Waals surface area contributed by atoms with Crippen LogP contribution in [0.5, 0.6) is 0 Å². The van der Waals surface area contributed by atoms with Crippen LogP contribution < -0.4 is 16.2 Å². The molecule has 0 bridgehead atoms. The van der Waals surface area contributed by atoms with E-state index in [0.717, 1.165) is 17.9 Å². The Labute approximate surface area is 116 Å². The van der Waals surface area contributed by atoms with Gasteiger partial charge in [-0.3, -0.25) is 9.59 Å². The number of hydrogen-bond acceptors (Lipinski definition) is 6. The van der Waals surface area contributed by atoms with Crippen LogP contribution in [0.4, 0.5) is 0 Å². The molecule has 1 rings (SSSR count). The fraction of sp³-hybridized carbons (Fsp3) is 0.818. The molecule has 0 aromatic heterocycles. The molecule has 1 amide bonds. The van der Waals surface area contributed by atoms with Crippen molar-refractivity contribution in [3.05, 3.63) is 0 Å². The second kappa shape index (κ2) is 8.04. The zero-order chi connectivity index (χ0) is 13.4. The van der Waals surface area contributed by atoms with Gasteiger partial charge in [0, 0.05) is 30.9 Å². The summed E-state index contributed by atoms with van der Waals surface area (Å²) in [4.78, 5) is 22.2. The van der Waals surface area contributed by atoms with Gasteiger partial charge in [-0.25, -0.2) is 10.9 Å². The predicted octanol–water partition coefficient (Wildman–Crippen LogP) is 1.07. The third kappa shape index (κ3) is 7.97. The largest absolute Gasteiger partial charge is 0.355 e. The minimum absolute atomic E-state index is 0.0331. The topological polar surface area (TPSA) is 90.0 Å². The van der Waals surface area contributed by atoms with Gasteiger partial charge in [-0.05, 0) is 20.3 Å². The molecule has 0 radical (unpaired) electrons. The number of nitrogens with one attached hydrogen (secondary N) is 3. The van der Waals surface area contributed by atoms with Crippen LogP contribution in [-0.2, 0) is 9.59 Å². The summed E-state index contributed by atoms with van der Waals surface area (Å²) < 4.78 is 0. The molecule has 104 valence electrons. The summed E-state index contributed by atoms with van der Waals surface area (Å²) in [5.74, 6) is 2.05. The zero-order valence-corrected chi connectivity index (χ0v) is 12.5. The Morgan fingerprint density at radius 2 is 1.83 bits per heavy atom. The Kier molecular flexibility index (Phi) is 7.06. The smallest absolute Gasteiger partial charge is 0.220 e. The molecule has 0 atom stereocenters. The Hall–Kier alpha value is -0.240. The highest BCUT2D eigenvalue weighted by Gasteiger charge is 2.35. The lowest BCUT2D eigenvalue weighted by Crippen LogP contribution is -2.27. The average Bonchev–Trinajstić information content (AvgIpc) is 3.04. The van der Waals surface area contributed by atoms with Crippen LogP contribution >= 0.6 is 21.6 Å². The SMILES string of the molecule is CC(=O)CCSSCCNC(=O)CCC1(C)NN1. The van der Waals surface area contributed by atoms with Gasteiger partial charge in [0.15, 0.2) is 0 Å². The first-order valence-electron chi connectivity index (χ1n) is 6.07. The van der Waals surface area contributed by atoms with E-state index in [-0.39, 0.29) is 17.4 Å². The molecule has 1 saturated heterocycles. The van der Waals surface area contributed by atoms with E-state index in [1.165, 1.54) is 0 Å². The Morgan fingerprint density at radius 3 is 2.44 bits per heavy atom. The maximum absolute atomic E-state index is 11.5. The van der Waals surface area contributed by atoms with Crippen molar-refractivity contribution >= 4 is 33.3 Å². The lowest BCUT2D eigenvalue weighted by Gasteiger charge is -2.06. The maximum Gasteiger partial charge on any atom is 0.220 e. The van der Waals surface area contributed by atoms with Crippen LogP contribution in [-0.4, -0.2) is 35.4 Å². The summed E-state index contributed by atoms with van der Waals surface area (Å²) in [7, 11) is 3.38. The molecule has 0 spiro atoms. The molecule has 7 heteroatoms. The minimum Gasteiger partial charge on any atom is -0.355 e. The van der Waals surface area contributed by atoms with Gasteiger partial charge in [-0.1, -0.05) is 21.6 Å². The van der Waals surface area contributed by atoms with Crippen molar-refractivity contribution in [3.63, 3.8) is 0 Å². The van der Waals surface area contributed by atoms with Gasteiger partial charge in [0.1, 0.15) is 5.78 Å². The molecule has 1 aliphatic rings. The van der Waals surface area contributed by atoms with Gasteiger partial charge >= 0.3 is 0 Å². The molecule has 18 heavy (non-hydrogen) atoms. The molecule has 5 nitrogen and oxygen atoms in total. The summed E-state index contributed by atoms with van der Waals surface area (Å²) >= 11 is 0.